The minimum atomic E-state index is -4.46. The van der Waals surface area contributed by atoms with Crippen LogP contribution < -0.4 is 5.56 Å². The number of H-pyrrole nitrogens is 1. The molecule has 1 heterocycles. The molecule has 2 rings (SSSR count). The van der Waals surface area contributed by atoms with E-state index < -0.39 is 17.3 Å². The topological polar surface area (TPSA) is 58.0 Å². The van der Waals surface area contributed by atoms with Gasteiger partial charge in [0, 0.05) is 24.3 Å². The van der Waals surface area contributed by atoms with E-state index in [4.69, 9.17) is 5.11 Å². The van der Waals surface area contributed by atoms with Crippen LogP contribution in [0.15, 0.2) is 29.1 Å². The number of alkyl halides is 3. The maximum atomic E-state index is 12.7. The van der Waals surface area contributed by atoms with Crippen molar-refractivity contribution in [2.45, 2.75) is 25.9 Å². The molecular weight excluding hydrogens is 285 g/mol. The van der Waals surface area contributed by atoms with Crippen LogP contribution >= 0.6 is 0 Å². The summed E-state index contributed by atoms with van der Waals surface area (Å²) in [7, 11) is 0. The summed E-state index contributed by atoms with van der Waals surface area (Å²) in [5, 5.41) is 11.8. The van der Waals surface area contributed by atoms with Gasteiger partial charge in [0.25, 0.3) is 5.56 Å². The summed E-state index contributed by atoms with van der Waals surface area (Å²) >= 11 is 0. The molecule has 2 aromatic rings. The highest BCUT2D eigenvalue weighted by Crippen LogP contribution is 2.30. The van der Waals surface area contributed by atoms with Gasteiger partial charge in [0.2, 0.25) is 0 Å². The van der Waals surface area contributed by atoms with Gasteiger partial charge in [-0.3, -0.25) is 9.89 Å². The quantitative estimate of drug-likeness (QED) is 0.910. The minimum absolute atomic E-state index is 0.119. The van der Waals surface area contributed by atoms with Crippen LogP contribution in [0.5, 0.6) is 0 Å². The Labute approximate surface area is 118 Å². The highest BCUT2D eigenvalue weighted by atomic mass is 19.4. The van der Waals surface area contributed by atoms with Crippen LogP contribution in [0, 0.1) is 0 Å². The molecule has 0 fully saturated rings. The number of aryl methyl sites for hydroxylation is 1. The maximum Gasteiger partial charge on any atom is 0.416 e. The number of halogens is 3. The third-order valence-corrected chi connectivity index (χ3v) is 3.22. The van der Waals surface area contributed by atoms with E-state index in [1.165, 1.54) is 12.1 Å². The Morgan fingerprint density at radius 2 is 2.05 bits per heavy atom. The maximum absolute atomic E-state index is 12.7. The van der Waals surface area contributed by atoms with Crippen molar-refractivity contribution >= 4 is 0 Å². The summed E-state index contributed by atoms with van der Waals surface area (Å²) in [6, 6.07) is 4.55. The zero-order valence-electron chi connectivity index (χ0n) is 11.4. The Hall–Kier alpha value is -2.02. The van der Waals surface area contributed by atoms with Gasteiger partial charge >= 0.3 is 6.18 Å². The Kier molecular flexibility index (Phi) is 4.22. The molecule has 0 saturated heterocycles. The van der Waals surface area contributed by atoms with E-state index >= 15 is 0 Å². The molecule has 21 heavy (non-hydrogen) atoms. The average Bonchev–Trinajstić information content (AvgIpc) is 2.76. The summed E-state index contributed by atoms with van der Waals surface area (Å²) < 4.78 is 39.3. The highest BCUT2D eigenvalue weighted by Gasteiger charge is 2.30. The summed E-state index contributed by atoms with van der Waals surface area (Å²) in [6.45, 7) is 1.63. The van der Waals surface area contributed by atoms with E-state index in [-0.39, 0.29) is 18.7 Å². The molecule has 0 aliphatic heterocycles. The van der Waals surface area contributed by atoms with Crippen molar-refractivity contribution in [2.75, 3.05) is 6.61 Å². The molecule has 0 atom stereocenters. The number of aliphatic hydroxyl groups excluding tert-OH is 1. The second-order valence-corrected chi connectivity index (χ2v) is 4.58. The second-order valence-electron chi connectivity index (χ2n) is 4.58. The lowest BCUT2D eigenvalue weighted by Gasteiger charge is -2.08. The fraction of sp³-hybridized carbons (Fsp3) is 0.357. The van der Waals surface area contributed by atoms with E-state index in [1.807, 2.05) is 6.92 Å². The molecule has 1 aromatic carbocycles. The van der Waals surface area contributed by atoms with Crippen LogP contribution in [0.4, 0.5) is 13.2 Å². The van der Waals surface area contributed by atoms with E-state index in [0.29, 0.717) is 17.7 Å². The third-order valence-electron chi connectivity index (χ3n) is 3.22. The van der Waals surface area contributed by atoms with Gasteiger partial charge < -0.3 is 5.11 Å². The number of nitrogens with zero attached hydrogens (tertiary/aromatic N) is 1. The van der Waals surface area contributed by atoms with Gasteiger partial charge in [-0.05, 0) is 24.6 Å². The van der Waals surface area contributed by atoms with Gasteiger partial charge in [-0.15, -0.1) is 0 Å². The van der Waals surface area contributed by atoms with Crippen LogP contribution in [0.25, 0.3) is 5.69 Å². The number of nitrogens with one attached hydrogen (secondary N) is 1. The monoisotopic (exact) mass is 300 g/mol. The number of aromatic nitrogens is 2. The Morgan fingerprint density at radius 3 is 2.62 bits per heavy atom. The SMILES string of the molecule is CCc1[nH]n(-c2cccc(C(F)(F)F)c2)c(=O)c1CCO. The summed E-state index contributed by atoms with van der Waals surface area (Å²) in [6.07, 6.45) is -3.77. The largest absolute Gasteiger partial charge is 0.416 e. The van der Waals surface area contributed by atoms with Crippen LogP contribution in [-0.4, -0.2) is 21.5 Å². The van der Waals surface area contributed by atoms with E-state index in [2.05, 4.69) is 5.10 Å². The summed E-state index contributed by atoms with van der Waals surface area (Å²) in [5.74, 6) is 0. The number of rotatable bonds is 4. The van der Waals surface area contributed by atoms with Crippen molar-refractivity contribution < 1.29 is 18.3 Å². The standard InChI is InChI=1S/C14H15F3N2O2/c1-2-12-11(6-7-20)13(21)19(18-12)10-5-3-4-9(8-10)14(15,16)17/h3-5,8,18,20H,2,6-7H2,1H3. The van der Waals surface area contributed by atoms with Gasteiger partial charge in [0.1, 0.15) is 0 Å². The Bertz CT molecular complexity index is 686. The average molecular weight is 300 g/mol. The minimum Gasteiger partial charge on any atom is -0.396 e. The molecule has 0 unspecified atom stereocenters. The zero-order valence-corrected chi connectivity index (χ0v) is 11.4. The first kappa shape index (κ1) is 15.4. The Morgan fingerprint density at radius 1 is 1.33 bits per heavy atom. The van der Waals surface area contributed by atoms with Crippen LogP contribution in [0.1, 0.15) is 23.7 Å². The molecule has 0 saturated carbocycles. The molecule has 0 aliphatic rings. The predicted octanol–water partition coefficient (Wildman–Crippen LogP) is 2.28. The van der Waals surface area contributed by atoms with Gasteiger partial charge in [-0.25, -0.2) is 4.68 Å². The third kappa shape index (κ3) is 3.02. The fourth-order valence-corrected chi connectivity index (χ4v) is 2.18. The lowest BCUT2D eigenvalue weighted by Crippen LogP contribution is -2.18. The van der Waals surface area contributed by atoms with Crippen molar-refractivity contribution in [3.05, 3.63) is 51.4 Å². The first-order valence-electron chi connectivity index (χ1n) is 6.49. The molecule has 0 amide bonds. The predicted molar refractivity (Wildman–Crippen MR) is 71.6 cm³/mol. The van der Waals surface area contributed by atoms with Crippen molar-refractivity contribution in [2.24, 2.45) is 0 Å². The van der Waals surface area contributed by atoms with E-state index in [9.17, 15) is 18.0 Å². The molecule has 0 spiro atoms. The highest BCUT2D eigenvalue weighted by molar-refractivity contribution is 5.38. The number of aromatic amines is 1. The summed E-state index contributed by atoms with van der Waals surface area (Å²) in [4.78, 5) is 12.2. The summed E-state index contributed by atoms with van der Waals surface area (Å²) in [5.41, 5.74) is -0.110. The number of hydrogen-bond donors (Lipinski definition) is 2. The molecule has 0 radical (unpaired) electrons. The first-order chi connectivity index (χ1) is 9.88. The second kappa shape index (κ2) is 5.77. The molecule has 2 N–H and O–H groups in total. The van der Waals surface area contributed by atoms with Crippen molar-refractivity contribution in [3.63, 3.8) is 0 Å². The normalized spacial score (nSPS) is 11.9. The smallest absolute Gasteiger partial charge is 0.396 e. The van der Waals surface area contributed by atoms with Gasteiger partial charge in [-0.2, -0.15) is 13.2 Å². The zero-order chi connectivity index (χ0) is 15.6. The lowest BCUT2D eigenvalue weighted by atomic mass is 10.1. The van der Waals surface area contributed by atoms with Crippen molar-refractivity contribution in [1.82, 2.24) is 9.78 Å². The number of hydrogen-bond acceptors (Lipinski definition) is 2. The molecule has 7 heteroatoms. The molecular formula is C14H15F3N2O2. The molecule has 0 aliphatic carbocycles. The number of aliphatic hydroxyl groups is 1. The van der Waals surface area contributed by atoms with E-state index in [0.717, 1.165) is 16.8 Å². The van der Waals surface area contributed by atoms with Crippen LogP contribution in [-0.2, 0) is 19.0 Å². The van der Waals surface area contributed by atoms with Crippen LogP contribution in [0.3, 0.4) is 0 Å². The number of benzene rings is 1. The van der Waals surface area contributed by atoms with Crippen molar-refractivity contribution in [3.8, 4) is 5.69 Å². The molecule has 0 bridgehead atoms. The van der Waals surface area contributed by atoms with Gasteiger partial charge in [0.15, 0.2) is 0 Å². The fourth-order valence-electron chi connectivity index (χ4n) is 2.18. The molecule has 4 nitrogen and oxygen atoms in total. The first-order valence-corrected chi connectivity index (χ1v) is 6.49. The van der Waals surface area contributed by atoms with E-state index in [1.54, 1.807) is 0 Å². The van der Waals surface area contributed by atoms with Gasteiger partial charge in [0.05, 0.1) is 11.3 Å². The van der Waals surface area contributed by atoms with Crippen LogP contribution in [0.2, 0.25) is 0 Å². The Balaban J connectivity index is 2.55. The van der Waals surface area contributed by atoms with Gasteiger partial charge in [-0.1, -0.05) is 13.0 Å². The molecule has 1 aromatic heterocycles. The lowest BCUT2D eigenvalue weighted by molar-refractivity contribution is -0.137. The molecule has 114 valence electrons. The van der Waals surface area contributed by atoms with Crippen molar-refractivity contribution in [1.29, 1.82) is 0 Å².